The molecule has 1 aromatic carbocycles. The maximum Gasteiger partial charge on any atom is 0.269 e. The van der Waals surface area contributed by atoms with Crippen molar-refractivity contribution in [2.24, 2.45) is 0 Å². The van der Waals surface area contributed by atoms with Gasteiger partial charge in [0.1, 0.15) is 54.6 Å². The molecule has 32 heavy (non-hydrogen) atoms. The van der Waals surface area contributed by atoms with Gasteiger partial charge in [-0.15, -0.1) is 0 Å². The summed E-state index contributed by atoms with van der Waals surface area (Å²) in [7, 11) is 0. The zero-order valence-electron chi connectivity index (χ0n) is 16.5. The number of ether oxygens (including phenoxy) is 4. The number of hydrogen-bond donors (Lipinski definition) is 7. The van der Waals surface area contributed by atoms with Crippen LogP contribution in [0.5, 0.6) is 5.75 Å². The highest BCUT2D eigenvalue weighted by Gasteiger charge is 2.51. The van der Waals surface area contributed by atoms with Gasteiger partial charge in [0.05, 0.1) is 18.1 Å². The fraction of sp³-hybridized carbons (Fsp3) is 0.667. The molecule has 14 heteroatoms. The Bertz CT molecular complexity index is 762. The monoisotopic (exact) mass is 463 g/mol. The molecule has 0 aliphatic carbocycles. The molecular weight excluding hydrogens is 438 g/mol. The molecule has 0 bridgehead atoms. The van der Waals surface area contributed by atoms with Crippen LogP contribution >= 0.6 is 0 Å². The number of aliphatic hydroxyl groups excluding tert-OH is 7. The minimum Gasteiger partial charge on any atom is -0.462 e. The average molecular weight is 463 g/mol. The Balaban J connectivity index is 1.76. The smallest absolute Gasteiger partial charge is 0.269 e. The number of non-ortho nitro benzene ring substituents is 1. The summed E-state index contributed by atoms with van der Waals surface area (Å²) in [5, 5.41) is 80.6. The number of hydrogen-bond acceptors (Lipinski definition) is 13. The van der Waals surface area contributed by atoms with Crippen LogP contribution in [0.4, 0.5) is 5.69 Å². The minimum atomic E-state index is -1.79. The molecule has 1 aromatic rings. The van der Waals surface area contributed by atoms with Crippen LogP contribution in [0, 0.1) is 10.1 Å². The van der Waals surface area contributed by atoms with Crippen molar-refractivity contribution in [3.05, 3.63) is 34.4 Å². The standard InChI is InChI=1S/C18H25NO13/c20-5-9-11(22)13(24)14(25)17(30-9)32-16-12(23)10(6-21)31-18(15(16)26)29-8-3-1-7(2-4-8)19(27)28/h1-4,9-18,20-26H,5-6H2/t9-,10-,11-,12-,13+,14-,15-,16+,17+,18?/m1/s1. The van der Waals surface area contributed by atoms with Gasteiger partial charge in [0.2, 0.25) is 6.29 Å². The molecule has 0 aromatic heterocycles. The van der Waals surface area contributed by atoms with Crippen molar-refractivity contribution < 1.29 is 59.6 Å². The summed E-state index contributed by atoms with van der Waals surface area (Å²) in [5.74, 6) is 0.0688. The highest BCUT2D eigenvalue weighted by Crippen LogP contribution is 2.30. The summed E-state index contributed by atoms with van der Waals surface area (Å²) in [5.41, 5.74) is -0.199. The lowest BCUT2D eigenvalue weighted by Gasteiger charge is -2.45. The van der Waals surface area contributed by atoms with E-state index in [1.54, 1.807) is 0 Å². The van der Waals surface area contributed by atoms with Gasteiger partial charge in [0, 0.05) is 12.1 Å². The molecule has 2 aliphatic rings. The van der Waals surface area contributed by atoms with Crippen molar-refractivity contribution in [1.82, 2.24) is 0 Å². The molecule has 2 fully saturated rings. The number of nitro groups is 1. The Morgan fingerprint density at radius 3 is 1.94 bits per heavy atom. The lowest BCUT2D eigenvalue weighted by molar-refractivity contribution is -0.384. The summed E-state index contributed by atoms with van der Waals surface area (Å²) in [6.07, 6.45) is -15.8. The van der Waals surface area contributed by atoms with Gasteiger partial charge in [0.25, 0.3) is 5.69 Å². The molecule has 0 saturated carbocycles. The van der Waals surface area contributed by atoms with E-state index in [4.69, 9.17) is 18.9 Å². The summed E-state index contributed by atoms with van der Waals surface area (Å²) < 4.78 is 21.5. The zero-order chi connectivity index (χ0) is 23.6. The predicted octanol–water partition coefficient (Wildman–Crippen LogP) is -3.40. The predicted molar refractivity (Wildman–Crippen MR) is 100 cm³/mol. The fourth-order valence-electron chi connectivity index (χ4n) is 3.43. The normalized spacial score (nSPS) is 40.1. The first-order valence-corrected chi connectivity index (χ1v) is 9.67. The highest BCUT2D eigenvalue weighted by atomic mass is 16.7. The maximum absolute atomic E-state index is 10.8. The van der Waals surface area contributed by atoms with Gasteiger partial charge < -0.3 is 54.7 Å². The first-order chi connectivity index (χ1) is 15.2. The maximum atomic E-state index is 10.8. The van der Waals surface area contributed by atoms with Gasteiger partial charge in [-0.25, -0.2) is 0 Å². The quantitative estimate of drug-likeness (QED) is 0.155. The number of nitro benzene ring substituents is 1. The van der Waals surface area contributed by atoms with Crippen LogP contribution in [0.25, 0.3) is 0 Å². The van der Waals surface area contributed by atoms with Gasteiger partial charge in [-0.3, -0.25) is 10.1 Å². The Morgan fingerprint density at radius 2 is 1.38 bits per heavy atom. The first-order valence-electron chi connectivity index (χ1n) is 9.67. The number of rotatable bonds is 7. The molecule has 10 atom stereocenters. The van der Waals surface area contributed by atoms with Crippen LogP contribution in [-0.2, 0) is 14.2 Å². The third-order valence-electron chi connectivity index (χ3n) is 5.26. The number of benzene rings is 1. The second-order valence-corrected chi connectivity index (χ2v) is 7.37. The van der Waals surface area contributed by atoms with Crippen LogP contribution in [0.1, 0.15) is 0 Å². The van der Waals surface area contributed by atoms with Crippen molar-refractivity contribution in [1.29, 1.82) is 0 Å². The Hall–Kier alpha value is -1.98. The van der Waals surface area contributed by atoms with Crippen LogP contribution in [0.3, 0.4) is 0 Å². The summed E-state index contributed by atoms with van der Waals surface area (Å²) in [6, 6.07) is 4.82. The molecule has 2 saturated heterocycles. The SMILES string of the molecule is O=[N+]([O-])c1ccc(OC2O[C@H](CO)[C@@H](O)[C@H](O[C@@H]3O[C@H](CO)[C@@H](O)[C@H](O)[C@H]3O)[C@H]2O)cc1. The van der Waals surface area contributed by atoms with Gasteiger partial charge in [-0.1, -0.05) is 0 Å². The van der Waals surface area contributed by atoms with E-state index in [0.717, 1.165) is 12.1 Å². The molecule has 0 radical (unpaired) electrons. The van der Waals surface area contributed by atoms with Crippen molar-refractivity contribution in [3.63, 3.8) is 0 Å². The minimum absolute atomic E-state index is 0.0688. The lowest BCUT2D eigenvalue weighted by atomic mass is 9.97. The van der Waals surface area contributed by atoms with Gasteiger partial charge >= 0.3 is 0 Å². The Labute approximate surface area is 180 Å². The van der Waals surface area contributed by atoms with Gasteiger partial charge in [0.15, 0.2) is 6.29 Å². The zero-order valence-corrected chi connectivity index (χ0v) is 16.5. The largest absolute Gasteiger partial charge is 0.462 e. The van der Waals surface area contributed by atoms with Gasteiger partial charge in [-0.2, -0.15) is 0 Å². The van der Waals surface area contributed by atoms with E-state index in [1.807, 2.05) is 0 Å². The molecule has 0 spiro atoms. The molecule has 2 heterocycles. The molecule has 14 nitrogen and oxygen atoms in total. The average Bonchev–Trinajstić information content (AvgIpc) is 2.78. The molecule has 7 N–H and O–H groups in total. The molecule has 2 aliphatic heterocycles. The van der Waals surface area contributed by atoms with E-state index in [9.17, 15) is 45.9 Å². The second-order valence-electron chi connectivity index (χ2n) is 7.37. The summed E-state index contributed by atoms with van der Waals surface area (Å²) in [6.45, 7) is -1.42. The molecule has 3 rings (SSSR count). The van der Waals surface area contributed by atoms with Crippen LogP contribution in [0.15, 0.2) is 24.3 Å². The van der Waals surface area contributed by atoms with Crippen molar-refractivity contribution in [2.75, 3.05) is 13.2 Å². The second kappa shape index (κ2) is 10.3. The van der Waals surface area contributed by atoms with E-state index in [-0.39, 0.29) is 11.4 Å². The number of nitrogens with zero attached hydrogens (tertiary/aromatic N) is 1. The third kappa shape index (κ3) is 4.99. The van der Waals surface area contributed by atoms with Gasteiger partial charge in [-0.05, 0) is 12.1 Å². The number of aliphatic hydroxyl groups is 7. The molecular formula is C18H25NO13. The highest BCUT2D eigenvalue weighted by molar-refractivity contribution is 5.36. The Morgan fingerprint density at radius 1 is 0.812 bits per heavy atom. The Kier molecular flexibility index (Phi) is 7.94. The van der Waals surface area contributed by atoms with Crippen LogP contribution < -0.4 is 4.74 Å². The molecule has 180 valence electrons. The summed E-state index contributed by atoms with van der Waals surface area (Å²) in [4.78, 5) is 10.2. The van der Waals surface area contributed by atoms with Crippen molar-refractivity contribution >= 4 is 5.69 Å². The fourth-order valence-corrected chi connectivity index (χ4v) is 3.43. The topological polar surface area (TPSA) is 222 Å². The van der Waals surface area contributed by atoms with E-state index in [1.165, 1.54) is 12.1 Å². The molecule has 1 unspecified atom stereocenters. The van der Waals surface area contributed by atoms with Crippen molar-refractivity contribution in [3.8, 4) is 5.75 Å². The third-order valence-corrected chi connectivity index (χ3v) is 5.26. The van der Waals surface area contributed by atoms with Crippen LogP contribution in [-0.4, -0.2) is 115 Å². The van der Waals surface area contributed by atoms with E-state index < -0.39 is 79.5 Å². The lowest BCUT2D eigenvalue weighted by Crippen LogP contribution is -2.65. The van der Waals surface area contributed by atoms with Crippen molar-refractivity contribution in [2.45, 2.75) is 61.4 Å². The van der Waals surface area contributed by atoms with Crippen LogP contribution in [0.2, 0.25) is 0 Å². The van der Waals surface area contributed by atoms with E-state index in [2.05, 4.69) is 0 Å². The van der Waals surface area contributed by atoms with E-state index >= 15 is 0 Å². The first kappa shape index (κ1) is 24.7. The van der Waals surface area contributed by atoms with E-state index in [0.29, 0.717) is 0 Å². The molecule has 0 amide bonds. The summed E-state index contributed by atoms with van der Waals surface area (Å²) >= 11 is 0.